The molecule has 1 unspecified atom stereocenters. The lowest BCUT2D eigenvalue weighted by Gasteiger charge is -2.18. The fraction of sp³-hybridized carbons (Fsp3) is 1.00. The van der Waals surface area contributed by atoms with Crippen LogP contribution < -0.4 is 0 Å². The van der Waals surface area contributed by atoms with Crippen LogP contribution in [-0.4, -0.2) is 23.9 Å². The van der Waals surface area contributed by atoms with Crippen molar-refractivity contribution in [1.82, 2.24) is 0 Å². The van der Waals surface area contributed by atoms with Gasteiger partial charge in [-0.05, 0) is 13.8 Å². The molecule has 0 saturated carbocycles. The largest absolute Gasteiger partial charge is 0.403 e. The Labute approximate surface area is 83.3 Å². The molecule has 0 saturated heterocycles. The van der Waals surface area contributed by atoms with E-state index in [1.807, 2.05) is 0 Å². The van der Waals surface area contributed by atoms with E-state index in [9.17, 15) is 14.7 Å². The van der Waals surface area contributed by atoms with Crippen LogP contribution in [0, 0.1) is 10.1 Å². The number of hydrogen-bond acceptors (Lipinski definition) is 5. The predicted molar refractivity (Wildman–Crippen MR) is 51.9 cm³/mol. The SMILES string of the molecule is CCOP(=O)(OCC)C(CC)[N+](=O)[O-]. The smallest absolute Gasteiger partial charge is 0.304 e. The van der Waals surface area contributed by atoms with Crippen LogP contribution in [0.2, 0.25) is 0 Å². The van der Waals surface area contributed by atoms with Crippen LogP contribution in [-0.2, 0) is 13.6 Å². The van der Waals surface area contributed by atoms with Gasteiger partial charge in [0.25, 0.3) is 0 Å². The highest BCUT2D eigenvalue weighted by atomic mass is 31.2. The molecule has 0 amide bonds. The third kappa shape index (κ3) is 3.36. The second-order valence-corrected chi connectivity index (χ2v) is 4.74. The first-order valence-electron chi connectivity index (χ1n) is 4.54. The van der Waals surface area contributed by atoms with Crippen LogP contribution in [0.25, 0.3) is 0 Å². The van der Waals surface area contributed by atoms with Crippen molar-refractivity contribution in [2.75, 3.05) is 13.2 Å². The molecule has 6 nitrogen and oxygen atoms in total. The van der Waals surface area contributed by atoms with Crippen molar-refractivity contribution in [3.05, 3.63) is 10.1 Å². The van der Waals surface area contributed by atoms with Crippen molar-refractivity contribution in [3.8, 4) is 0 Å². The first-order chi connectivity index (χ1) is 6.51. The summed E-state index contributed by atoms with van der Waals surface area (Å²) in [6, 6.07) is 0. The maximum atomic E-state index is 11.9. The molecule has 0 bridgehead atoms. The summed E-state index contributed by atoms with van der Waals surface area (Å²) >= 11 is 0. The van der Waals surface area contributed by atoms with Gasteiger partial charge in [0.1, 0.15) is 0 Å². The summed E-state index contributed by atoms with van der Waals surface area (Å²) in [5.74, 6) is -1.26. The van der Waals surface area contributed by atoms with Gasteiger partial charge in [-0.15, -0.1) is 0 Å². The maximum absolute atomic E-state index is 11.9. The van der Waals surface area contributed by atoms with E-state index in [0.717, 1.165) is 0 Å². The minimum atomic E-state index is -3.58. The Bertz CT molecular complexity index is 222. The third-order valence-electron chi connectivity index (χ3n) is 1.59. The maximum Gasteiger partial charge on any atom is 0.403 e. The molecule has 0 aromatic heterocycles. The van der Waals surface area contributed by atoms with Gasteiger partial charge in [-0.3, -0.25) is 14.7 Å². The van der Waals surface area contributed by atoms with Gasteiger partial charge in [0.15, 0.2) is 0 Å². The second kappa shape index (κ2) is 6.11. The molecule has 0 fully saturated rings. The highest BCUT2D eigenvalue weighted by Crippen LogP contribution is 2.54. The molecule has 0 aliphatic heterocycles. The molecule has 0 spiro atoms. The molecule has 84 valence electrons. The number of rotatable bonds is 7. The highest BCUT2D eigenvalue weighted by Gasteiger charge is 2.43. The monoisotopic (exact) mass is 225 g/mol. The Hall–Kier alpha value is -0.450. The molecule has 0 aliphatic rings. The lowest BCUT2D eigenvalue weighted by molar-refractivity contribution is -0.501. The molecule has 0 radical (unpaired) electrons. The van der Waals surface area contributed by atoms with Crippen LogP contribution in [0.4, 0.5) is 0 Å². The molecule has 14 heavy (non-hydrogen) atoms. The van der Waals surface area contributed by atoms with E-state index in [0.29, 0.717) is 0 Å². The molecule has 0 rings (SSSR count). The molecule has 7 heteroatoms. The first-order valence-corrected chi connectivity index (χ1v) is 6.15. The summed E-state index contributed by atoms with van der Waals surface area (Å²) < 4.78 is 21.7. The van der Waals surface area contributed by atoms with Crippen molar-refractivity contribution in [3.63, 3.8) is 0 Å². The third-order valence-corrected chi connectivity index (χ3v) is 4.11. The zero-order chi connectivity index (χ0) is 11.2. The Balaban J connectivity index is 4.76. The van der Waals surface area contributed by atoms with E-state index in [1.54, 1.807) is 20.8 Å². The van der Waals surface area contributed by atoms with Crippen molar-refractivity contribution < 1.29 is 18.5 Å². The van der Waals surface area contributed by atoms with E-state index in [1.165, 1.54) is 0 Å². The van der Waals surface area contributed by atoms with Gasteiger partial charge in [0.05, 0.1) is 13.2 Å². The minimum absolute atomic E-state index is 0.129. The molecule has 0 heterocycles. The average Bonchev–Trinajstić information content (AvgIpc) is 2.04. The Morgan fingerprint density at radius 1 is 1.29 bits per heavy atom. The van der Waals surface area contributed by atoms with E-state index < -0.39 is 18.3 Å². The number of hydrogen-bond donors (Lipinski definition) is 0. The lowest BCUT2D eigenvalue weighted by Crippen LogP contribution is -2.21. The number of nitrogens with zero attached hydrogens (tertiary/aromatic N) is 1. The van der Waals surface area contributed by atoms with Crippen molar-refractivity contribution in [2.24, 2.45) is 0 Å². The van der Waals surface area contributed by atoms with Gasteiger partial charge in [0, 0.05) is 11.3 Å². The van der Waals surface area contributed by atoms with Crippen LogP contribution in [0.15, 0.2) is 0 Å². The summed E-state index contributed by atoms with van der Waals surface area (Å²) in [5, 5.41) is 10.6. The van der Waals surface area contributed by atoms with Crippen molar-refractivity contribution >= 4 is 7.60 Å². The summed E-state index contributed by atoms with van der Waals surface area (Å²) in [6.45, 7) is 5.11. The van der Waals surface area contributed by atoms with Gasteiger partial charge >= 0.3 is 13.4 Å². The zero-order valence-electron chi connectivity index (χ0n) is 8.63. The summed E-state index contributed by atoms with van der Waals surface area (Å²) in [5.41, 5.74) is 0. The van der Waals surface area contributed by atoms with Gasteiger partial charge < -0.3 is 9.05 Å². The van der Waals surface area contributed by atoms with Gasteiger partial charge in [-0.2, -0.15) is 0 Å². The molecular formula is C7H16NO5P. The van der Waals surface area contributed by atoms with Gasteiger partial charge in [-0.1, -0.05) is 6.92 Å². The van der Waals surface area contributed by atoms with E-state index in [4.69, 9.17) is 9.05 Å². The summed E-state index contributed by atoms with van der Waals surface area (Å²) in [7, 11) is -3.58. The predicted octanol–water partition coefficient (Wildman–Crippen LogP) is 2.27. The number of nitro groups is 1. The summed E-state index contributed by atoms with van der Waals surface area (Å²) in [4.78, 5) is 10.00. The fourth-order valence-electron chi connectivity index (χ4n) is 1.06. The van der Waals surface area contributed by atoms with Gasteiger partial charge in [-0.25, -0.2) is 0 Å². The molecule has 0 aromatic carbocycles. The molecule has 0 N–H and O–H groups in total. The fourth-order valence-corrected chi connectivity index (χ4v) is 2.87. The van der Waals surface area contributed by atoms with E-state index >= 15 is 0 Å². The van der Waals surface area contributed by atoms with Gasteiger partial charge in [0.2, 0.25) is 0 Å². The normalized spacial score (nSPS) is 13.9. The van der Waals surface area contributed by atoms with Crippen LogP contribution in [0.3, 0.4) is 0 Å². The average molecular weight is 225 g/mol. The minimum Gasteiger partial charge on any atom is -0.304 e. The van der Waals surface area contributed by atoms with Crippen LogP contribution in [0.5, 0.6) is 0 Å². The topological polar surface area (TPSA) is 78.7 Å². The Kier molecular flexibility index (Phi) is 5.92. The molecule has 0 aromatic rings. The highest BCUT2D eigenvalue weighted by molar-refractivity contribution is 7.54. The quantitative estimate of drug-likeness (QED) is 0.377. The van der Waals surface area contributed by atoms with Crippen molar-refractivity contribution in [1.29, 1.82) is 0 Å². The molecule has 1 atom stereocenters. The Morgan fingerprint density at radius 2 is 1.71 bits per heavy atom. The van der Waals surface area contributed by atoms with E-state index in [-0.39, 0.29) is 19.6 Å². The van der Waals surface area contributed by atoms with Crippen LogP contribution >= 0.6 is 7.60 Å². The molecule has 0 aliphatic carbocycles. The summed E-state index contributed by atoms with van der Waals surface area (Å²) in [6.07, 6.45) is 0.129. The lowest BCUT2D eigenvalue weighted by atomic mass is 10.5. The van der Waals surface area contributed by atoms with E-state index in [2.05, 4.69) is 0 Å². The Morgan fingerprint density at radius 3 is 1.93 bits per heavy atom. The van der Waals surface area contributed by atoms with Crippen LogP contribution in [0.1, 0.15) is 27.2 Å². The first kappa shape index (κ1) is 13.5. The second-order valence-electron chi connectivity index (χ2n) is 2.55. The standard InChI is InChI=1S/C7H16NO5P/c1-4-7(8(9)10)14(11,12-5-2)13-6-3/h7H,4-6H2,1-3H3. The zero-order valence-corrected chi connectivity index (χ0v) is 9.53. The molecular weight excluding hydrogens is 209 g/mol. The van der Waals surface area contributed by atoms with Crippen molar-refractivity contribution in [2.45, 2.75) is 33.0 Å².